The molecule has 0 spiro atoms. The molecule has 1 aliphatic carbocycles. The lowest BCUT2D eigenvalue weighted by Crippen LogP contribution is -2.44. The molecule has 2 aromatic rings. The largest absolute Gasteiger partial charge is 0.340 e. The number of anilines is 1. The van der Waals surface area contributed by atoms with Gasteiger partial charge in [0, 0.05) is 17.0 Å². The van der Waals surface area contributed by atoms with Gasteiger partial charge in [0.05, 0.1) is 16.3 Å². The lowest BCUT2D eigenvalue weighted by molar-refractivity contribution is -0.118. The highest BCUT2D eigenvalue weighted by Crippen LogP contribution is 2.25. The number of carbonyl (C=O) groups is 2. The fraction of sp³-hybridized carbons (Fsp3) is 0.333. The third kappa shape index (κ3) is 5.97. The topological polar surface area (TPSA) is 92.3 Å². The van der Waals surface area contributed by atoms with E-state index in [1.165, 1.54) is 29.3 Å². The first-order chi connectivity index (χ1) is 14.1. The smallest absolute Gasteiger partial charge is 0.253 e. The van der Waals surface area contributed by atoms with E-state index < -0.39 is 27.7 Å². The standard InChI is InChI=1S/C21H22Cl2N2O4S/c1-30(28,29)10-9-19(25-20(26)17-8-6-15(22)12-18(17)23)21(27)24-16-7-5-13-3-2-4-14(13)11-16/h5-8,11-12,19H,2-4,9-10H2,1H3,(H,24,27)(H,25,26)/t19-/m0/s1. The SMILES string of the molecule is CS(=O)(=O)CC[C@H](NC(=O)c1ccc(Cl)cc1Cl)C(=O)Nc1ccc2c(c1)CCC2. The van der Waals surface area contributed by atoms with E-state index in [4.69, 9.17) is 23.2 Å². The third-order valence-electron chi connectivity index (χ3n) is 4.94. The van der Waals surface area contributed by atoms with Crippen molar-refractivity contribution in [2.24, 2.45) is 0 Å². The maximum Gasteiger partial charge on any atom is 0.253 e. The molecule has 1 aliphatic rings. The first-order valence-corrected chi connectivity index (χ1v) is 12.3. The maximum atomic E-state index is 12.9. The predicted octanol–water partition coefficient (Wildman–Crippen LogP) is 3.65. The minimum absolute atomic E-state index is 0.0629. The molecule has 2 N–H and O–H groups in total. The Morgan fingerprint density at radius 3 is 2.50 bits per heavy atom. The van der Waals surface area contributed by atoms with Gasteiger partial charge in [0.2, 0.25) is 5.91 Å². The van der Waals surface area contributed by atoms with Gasteiger partial charge in [-0.1, -0.05) is 29.3 Å². The van der Waals surface area contributed by atoms with Crippen LogP contribution in [-0.2, 0) is 27.5 Å². The molecular formula is C21H22Cl2N2O4S. The molecule has 0 aliphatic heterocycles. The molecule has 2 amide bonds. The number of fused-ring (bicyclic) bond motifs is 1. The van der Waals surface area contributed by atoms with Crippen molar-refractivity contribution in [1.82, 2.24) is 5.32 Å². The molecule has 0 saturated heterocycles. The molecule has 0 radical (unpaired) electrons. The summed E-state index contributed by atoms with van der Waals surface area (Å²) >= 11 is 11.9. The fourth-order valence-electron chi connectivity index (χ4n) is 3.39. The van der Waals surface area contributed by atoms with Crippen LogP contribution in [0.25, 0.3) is 0 Å². The second-order valence-electron chi connectivity index (χ2n) is 7.40. The van der Waals surface area contributed by atoms with Crippen molar-refractivity contribution >= 4 is 50.5 Å². The Labute approximate surface area is 185 Å². The third-order valence-corrected chi connectivity index (χ3v) is 6.47. The number of sulfone groups is 1. The van der Waals surface area contributed by atoms with Gasteiger partial charge in [0.1, 0.15) is 15.9 Å². The number of hydrogen-bond acceptors (Lipinski definition) is 4. The number of rotatable bonds is 7. The molecule has 0 heterocycles. The van der Waals surface area contributed by atoms with Crippen molar-refractivity contribution in [3.8, 4) is 0 Å². The van der Waals surface area contributed by atoms with Gasteiger partial charge in [0.25, 0.3) is 5.91 Å². The Hall–Kier alpha value is -2.09. The molecule has 1 atom stereocenters. The van der Waals surface area contributed by atoms with Crippen LogP contribution < -0.4 is 10.6 Å². The van der Waals surface area contributed by atoms with Gasteiger partial charge in [-0.25, -0.2) is 8.42 Å². The van der Waals surface area contributed by atoms with Crippen LogP contribution in [0, 0.1) is 0 Å². The van der Waals surface area contributed by atoms with Gasteiger partial charge in [-0.2, -0.15) is 0 Å². The second-order valence-corrected chi connectivity index (χ2v) is 10.5. The van der Waals surface area contributed by atoms with E-state index in [0.29, 0.717) is 10.7 Å². The molecule has 0 aromatic heterocycles. The summed E-state index contributed by atoms with van der Waals surface area (Å²) in [4.78, 5) is 25.5. The lowest BCUT2D eigenvalue weighted by Gasteiger charge is -2.19. The van der Waals surface area contributed by atoms with Gasteiger partial charge < -0.3 is 10.6 Å². The normalized spacial score (nSPS) is 14.1. The molecular weight excluding hydrogens is 447 g/mol. The molecule has 160 valence electrons. The van der Waals surface area contributed by atoms with Crippen LogP contribution in [0.15, 0.2) is 36.4 Å². The van der Waals surface area contributed by atoms with Crippen LogP contribution in [0.2, 0.25) is 10.0 Å². The maximum absolute atomic E-state index is 12.9. The highest BCUT2D eigenvalue weighted by Gasteiger charge is 2.24. The van der Waals surface area contributed by atoms with E-state index in [1.807, 2.05) is 18.2 Å². The van der Waals surface area contributed by atoms with Crippen molar-refractivity contribution < 1.29 is 18.0 Å². The van der Waals surface area contributed by atoms with E-state index in [9.17, 15) is 18.0 Å². The number of hydrogen-bond donors (Lipinski definition) is 2. The van der Waals surface area contributed by atoms with E-state index >= 15 is 0 Å². The molecule has 0 bridgehead atoms. The van der Waals surface area contributed by atoms with Gasteiger partial charge in [-0.3, -0.25) is 9.59 Å². The highest BCUT2D eigenvalue weighted by molar-refractivity contribution is 7.90. The average molecular weight is 469 g/mol. The van der Waals surface area contributed by atoms with Crippen molar-refractivity contribution in [3.63, 3.8) is 0 Å². The van der Waals surface area contributed by atoms with Crippen LogP contribution in [0.1, 0.15) is 34.3 Å². The van der Waals surface area contributed by atoms with Crippen LogP contribution in [0.3, 0.4) is 0 Å². The van der Waals surface area contributed by atoms with E-state index in [-0.39, 0.29) is 22.8 Å². The number of amides is 2. The minimum Gasteiger partial charge on any atom is -0.340 e. The molecule has 9 heteroatoms. The summed E-state index contributed by atoms with van der Waals surface area (Å²) in [6.45, 7) is 0. The second kappa shape index (κ2) is 9.37. The zero-order chi connectivity index (χ0) is 21.9. The first-order valence-electron chi connectivity index (χ1n) is 9.49. The van der Waals surface area contributed by atoms with Crippen molar-refractivity contribution in [3.05, 3.63) is 63.1 Å². The Bertz CT molecular complexity index is 1090. The minimum atomic E-state index is -3.32. The zero-order valence-corrected chi connectivity index (χ0v) is 18.7. The van der Waals surface area contributed by atoms with Crippen molar-refractivity contribution in [2.45, 2.75) is 31.7 Å². The molecule has 2 aromatic carbocycles. The Morgan fingerprint density at radius 1 is 1.07 bits per heavy atom. The summed E-state index contributed by atoms with van der Waals surface area (Å²) in [6, 6.07) is 9.06. The van der Waals surface area contributed by atoms with Gasteiger partial charge in [-0.05, 0) is 67.1 Å². The molecule has 0 unspecified atom stereocenters. The Kier molecular flexibility index (Phi) is 7.06. The predicted molar refractivity (Wildman–Crippen MR) is 119 cm³/mol. The van der Waals surface area contributed by atoms with E-state index in [2.05, 4.69) is 10.6 Å². The number of aryl methyl sites for hydroxylation is 2. The zero-order valence-electron chi connectivity index (χ0n) is 16.4. The number of benzene rings is 2. The quantitative estimate of drug-likeness (QED) is 0.648. The highest BCUT2D eigenvalue weighted by atomic mass is 35.5. The Balaban J connectivity index is 1.76. The summed E-state index contributed by atoms with van der Waals surface area (Å²) in [5.41, 5.74) is 3.23. The van der Waals surface area contributed by atoms with Crippen LogP contribution >= 0.6 is 23.2 Å². The number of carbonyl (C=O) groups excluding carboxylic acids is 2. The summed E-state index contributed by atoms with van der Waals surface area (Å²) in [6.07, 6.45) is 4.09. The molecule has 6 nitrogen and oxygen atoms in total. The van der Waals surface area contributed by atoms with E-state index in [1.54, 1.807) is 0 Å². The summed E-state index contributed by atoms with van der Waals surface area (Å²) in [7, 11) is -3.32. The van der Waals surface area contributed by atoms with Gasteiger partial charge in [0.15, 0.2) is 0 Å². The monoisotopic (exact) mass is 468 g/mol. The fourth-order valence-corrected chi connectivity index (χ4v) is 4.55. The molecule has 3 rings (SSSR count). The Morgan fingerprint density at radius 2 is 1.80 bits per heavy atom. The summed E-state index contributed by atoms with van der Waals surface area (Å²) < 4.78 is 23.2. The van der Waals surface area contributed by atoms with Crippen LogP contribution in [-0.4, -0.2) is 38.3 Å². The van der Waals surface area contributed by atoms with Crippen molar-refractivity contribution in [1.29, 1.82) is 0 Å². The lowest BCUT2D eigenvalue weighted by atomic mass is 10.1. The van der Waals surface area contributed by atoms with Crippen molar-refractivity contribution in [2.75, 3.05) is 17.3 Å². The van der Waals surface area contributed by atoms with Crippen LogP contribution in [0.5, 0.6) is 0 Å². The van der Waals surface area contributed by atoms with Crippen LogP contribution in [0.4, 0.5) is 5.69 Å². The number of nitrogens with one attached hydrogen (secondary N) is 2. The summed E-state index contributed by atoms with van der Waals surface area (Å²) in [5.74, 6) is -1.32. The average Bonchev–Trinajstić information content (AvgIpc) is 3.11. The van der Waals surface area contributed by atoms with Gasteiger partial charge in [-0.15, -0.1) is 0 Å². The van der Waals surface area contributed by atoms with E-state index in [0.717, 1.165) is 25.5 Å². The molecule has 0 fully saturated rings. The summed E-state index contributed by atoms with van der Waals surface area (Å²) in [5, 5.41) is 5.90. The molecule has 0 saturated carbocycles. The first kappa shape index (κ1) is 22.6. The van der Waals surface area contributed by atoms with Gasteiger partial charge >= 0.3 is 0 Å². The number of halogens is 2. The molecule has 30 heavy (non-hydrogen) atoms.